The van der Waals surface area contributed by atoms with E-state index in [0.29, 0.717) is 16.7 Å². The number of fused-ring (bicyclic) bond motifs is 6. The number of aryl methyl sites for hydroxylation is 1. The monoisotopic (exact) mass is 578 g/mol. The predicted molar refractivity (Wildman–Crippen MR) is 152 cm³/mol. The lowest BCUT2D eigenvalue weighted by Crippen LogP contribution is -2.69. The maximum atomic E-state index is 14.9. The highest BCUT2D eigenvalue weighted by molar-refractivity contribution is 6.34. The molecule has 3 aromatic rings. The van der Waals surface area contributed by atoms with Gasteiger partial charge in [0.2, 0.25) is 17.2 Å². The lowest BCUT2D eigenvalue weighted by atomic mass is 9.51. The Hall–Kier alpha value is -4.89. The summed E-state index contributed by atoms with van der Waals surface area (Å²) in [4.78, 5) is 71.7. The van der Waals surface area contributed by atoms with Crippen LogP contribution in [-0.4, -0.2) is 63.0 Å². The Bertz CT molecular complexity index is 1920. The van der Waals surface area contributed by atoms with Crippen molar-refractivity contribution in [1.82, 2.24) is 0 Å². The summed E-state index contributed by atoms with van der Waals surface area (Å²) in [7, 11) is 5.44. The highest BCUT2D eigenvalue weighted by Gasteiger charge is 2.74. The van der Waals surface area contributed by atoms with E-state index >= 15 is 0 Å². The van der Waals surface area contributed by atoms with Crippen LogP contribution in [0.4, 0.5) is 0 Å². The van der Waals surface area contributed by atoms with E-state index in [-0.39, 0.29) is 57.1 Å². The molecule has 9 heteroatoms. The Labute approximate surface area is 246 Å². The molecule has 3 atom stereocenters. The molecule has 0 aromatic heterocycles. The van der Waals surface area contributed by atoms with E-state index in [0.717, 1.165) is 0 Å². The molecule has 4 aliphatic rings. The zero-order chi connectivity index (χ0) is 30.6. The topological polar surface area (TPSA) is 122 Å². The minimum absolute atomic E-state index is 0.0178. The number of carbonyl (C=O) groups is 5. The maximum Gasteiger partial charge on any atom is 0.208 e. The van der Waals surface area contributed by atoms with Crippen LogP contribution in [0, 0.1) is 12.3 Å². The molecule has 3 unspecified atom stereocenters. The van der Waals surface area contributed by atoms with Crippen LogP contribution in [0.5, 0.6) is 17.2 Å². The van der Waals surface area contributed by atoms with E-state index in [1.54, 1.807) is 49.4 Å². The van der Waals surface area contributed by atoms with Crippen molar-refractivity contribution in [1.29, 1.82) is 0 Å². The van der Waals surface area contributed by atoms with Gasteiger partial charge in [0, 0.05) is 29.7 Å². The molecule has 0 saturated heterocycles. The third kappa shape index (κ3) is 2.92. The van der Waals surface area contributed by atoms with Crippen LogP contribution in [-0.2, 0) is 16.0 Å². The Morgan fingerprint density at radius 1 is 0.721 bits per heavy atom. The molecular formula is C34H26O9. The van der Waals surface area contributed by atoms with E-state index in [1.165, 1.54) is 34.5 Å². The minimum atomic E-state index is -2.24. The number of rotatable bonds is 4. The molecule has 0 bridgehead atoms. The van der Waals surface area contributed by atoms with Crippen LogP contribution in [0.2, 0.25) is 0 Å². The van der Waals surface area contributed by atoms with Gasteiger partial charge in [0.05, 0.1) is 43.4 Å². The second-order valence-corrected chi connectivity index (χ2v) is 11.2. The first-order chi connectivity index (χ1) is 20.6. The fraction of sp³-hybridized carbons (Fsp3) is 0.265. The molecule has 43 heavy (non-hydrogen) atoms. The number of ether oxygens (including phenoxy) is 4. The molecular weight excluding hydrogens is 552 g/mol. The third-order valence-electron chi connectivity index (χ3n) is 9.50. The SMILES string of the molecule is COc1cccc2c1C(=O)c1c(OC)cc3c(c1C2=O)C1C=CC(=O)C2(OC)C(=O)c4c(OC)cc(C)cc4C(=O)C12C3. The summed E-state index contributed by atoms with van der Waals surface area (Å²) in [5.41, 5.74) is -1.90. The van der Waals surface area contributed by atoms with Gasteiger partial charge in [-0.2, -0.15) is 0 Å². The van der Waals surface area contributed by atoms with Crippen LogP contribution >= 0.6 is 0 Å². The number of hydrogen-bond acceptors (Lipinski definition) is 9. The quantitative estimate of drug-likeness (QED) is 0.331. The van der Waals surface area contributed by atoms with Crippen LogP contribution in [0.15, 0.2) is 48.6 Å². The van der Waals surface area contributed by atoms with Gasteiger partial charge in [-0.25, -0.2) is 0 Å². The van der Waals surface area contributed by atoms with Gasteiger partial charge in [0.1, 0.15) is 17.2 Å². The van der Waals surface area contributed by atoms with Crippen molar-refractivity contribution >= 4 is 28.9 Å². The first-order valence-electron chi connectivity index (χ1n) is 13.7. The maximum absolute atomic E-state index is 14.9. The van der Waals surface area contributed by atoms with Crippen molar-refractivity contribution in [2.24, 2.45) is 5.41 Å². The van der Waals surface area contributed by atoms with Gasteiger partial charge in [-0.3, -0.25) is 24.0 Å². The Morgan fingerprint density at radius 3 is 2.09 bits per heavy atom. The third-order valence-corrected chi connectivity index (χ3v) is 9.50. The van der Waals surface area contributed by atoms with Crippen LogP contribution in [0.3, 0.4) is 0 Å². The molecule has 1 spiro atoms. The molecule has 0 amide bonds. The summed E-state index contributed by atoms with van der Waals surface area (Å²) < 4.78 is 22.5. The normalized spacial score (nSPS) is 24.5. The first-order valence-corrected chi connectivity index (χ1v) is 13.7. The summed E-state index contributed by atoms with van der Waals surface area (Å²) in [6, 6.07) is 9.65. The second kappa shape index (κ2) is 8.81. The van der Waals surface area contributed by atoms with Gasteiger partial charge in [-0.05, 0) is 60.4 Å². The van der Waals surface area contributed by atoms with Gasteiger partial charge in [-0.1, -0.05) is 18.2 Å². The van der Waals surface area contributed by atoms with Crippen molar-refractivity contribution in [2.45, 2.75) is 24.9 Å². The molecule has 0 fully saturated rings. The second-order valence-electron chi connectivity index (χ2n) is 11.2. The summed E-state index contributed by atoms with van der Waals surface area (Å²) in [6.07, 6.45) is 2.69. The van der Waals surface area contributed by atoms with Gasteiger partial charge in [-0.15, -0.1) is 0 Å². The van der Waals surface area contributed by atoms with E-state index in [2.05, 4.69) is 0 Å². The Morgan fingerprint density at radius 2 is 1.42 bits per heavy atom. The lowest BCUT2D eigenvalue weighted by molar-refractivity contribution is -0.144. The number of ketones is 5. The molecule has 0 aliphatic heterocycles. The lowest BCUT2D eigenvalue weighted by Gasteiger charge is -2.51. The van der Waals surface area contributed by atoms with E-state index in [9.17, 15) is 24.0 Å². The van der Waals surface area contributed by atoms with Crippen molar-refractivity contribution < 1.29 is 42.9 Å². The average molecular weight is 579 g/mol. The Balaban J connectivity index is 1.57. The van der Waals surface area contributed by atoms with E-state index in [4.69, 9.17) is 18.9 Å². The molecule has 0 N–H and O–H groups in total. The molecule has 9 nitrogen and oxygen atoms in total. The van der Waals surface area contributed by atoms with Gasteiger partial charge < -0.3 is 18.9 Å². The van der Waals surface area contributed by atoms with E-state index < -0.39 is 45.9 Å². The average Bonchev–Trinajstić information content (AvgIpc) is 3.35. The zero-order valence-corrected chi connectivity index (χ0v) is 24.1. The number of benzene rings is 3. The standard InChI is InChI=1S/C34H26O9/c1-15-11-18-26(21(12-15)41-3)32(39)34(43-5)23(35)10-9-19-24-16(14-33(19,34)31(18)38)13-22(42-4)27-28(24)29(36)17-7-6-8-20(40-2)25(17)30(27)37/h6-13,19H,14H2,1-5H3. The van der Waals surface area contributed by atoms with Crippen LogP contribution in [0.1, 0.15) is 75.2 Å². The summed E-state index contributed by atoms with van der Waals surface area (Å²) in [5.74, 6) is -3.14. The zero-order valence-electron chi connectivity index (χ0n) is 24.1. The van der Waals surface area contributed by atoms with Crippen LogP contribution < -0.4 is 14.2 Å². The molecule has 0 heterocycles. The Kier molecular flexibility index (Phi) is 5.53. The van der Waals surface area contributed by atoms with Crippen molar-refractivity contribution in [2.75, 3.05) is 28.4 Å². The summed E-state index contributed by atoms with van der Waals surface area (Å²) in [5, 5.41) is 0. The molecule has 216 valence electrons. The van der Waals surface area contributed by atoms with Gasteiger partial charge >= 0.3 is 0 Å². The summed E-state index contributed by atoms with van der Waals surface area (Å²) >= 11 is 0. The molecule has 4 aliphatic carbocycles. The fourth-order valence-electron chi connectivity index (χ4n) is 7.83. The number of hydrogen-bond donors (Lipinski definition) is 0. The molecule has 3 aromatic carbocycles. The highest BCUT2D eigenvalue weighted by atomic mass is 16.5. The summed E-state index contributed by atoms with van der Waals surface area (Å²) in [6.45, 7) is 1.78. The van der Waals surface area contributed by atoms with Gasteiger partial charge in [0.15, 0.2) is 17.3 Å². The fourth-order valence-corrected chi connectivity index (χ4v) is 7.83. The number of allylic oxidation sites excluding steroid dienone is 1. The smallest absolute Gasteiger partial charge is 0.208 e. The van der Waals surface area contributed by atoms with Crippen molar-refractivity contribution in [3.63, 3.8) is 0 Å². The molecule has 0 saturated carbocycles. The van der Waals surface area contributed by atoms with Crippen molar-refractivity contribution in [3.05, 3.63) is 98.6 Å². The highest BCUT2D eigenvalue weighted by Crippen LogP contribution is 2.64. The molecule has 0 radical (unpaired) electrons. The predicted octanol–water partition coefficient (Wildman–Crippen LogP) is 4.03. The van der Waals surface area contributed by atoms with E-state index in [1.807, 2.05) is 0 Å². The van der Waals surface area contributed by atoms with Crippen LogP contribution in [0.25, 0.3) is 0 Å². The number of methoxy groups -OCH3 is 4. The van der Waals surface area contributed by atoms with Gasteiger partial charge in [0.25, 0.3) is 0 Å². The largest absolute Gasteiger partial charge is 0.496 e. The van der Waals surface area contributed by atoms with Crippen molar-refractivity contribution in [3.8, 4) is 17.2 Å². The number of Topliss-reactive ketones (excluding diaryl/α,β-unsaturated/α-hetero) is 2. The molecule has 7 rings (SSSR count). The number of carbonyl (C=O) groups excluding carboxylic acids is 5. The first kappa shape index (κ1) is 27.0. The minimum Gasteiger partial charge on any atom is -0.496 e.